The average Bonchev–Trinajstić information content (AvgIpc) is 3.48. The SMILES string of the molecule is CCCCc1nc(CCCC)n(Cc2ccc(Cc3ccccc3-c3nnn[nH]3)cc2)n1. The maximum atomic E-state index is 4.82. The van der Waals surface area contributed by atoms with Crippen molar-refractivity contribution < 1.29 is 0 Å². The molecule has 0 atom stereocenters. The van der Waals surface area contributed by atoms with E-state index >= 15 is 0 Å². The van der Waals surface area contributed by atoms with Gasteiger partial charge in [-0.2, -0.15) is 5.10 Å². The Morgan fingerprint density at radius 1 is 0.875 bits per heavy atom. The summed E-state index contributed by atoms with van der Waals surface area (Å²) in [5, 5.41) is 19.2. The van der Waals surface area contributed by atoms with Crippen LogP contribution in [0.4, 0.5) is 0 Å². The molecule has 0 aliphatic rings. The maximum Gasteiger partial charge on any atom is 0.179 e. The van der Waals surface area contributed by atoms with Crippen LogP contribution in [0.1, 0.15) is 67.9 Å². The third kappa shape index (κ3) is 5.46. The van der Waals surface area contributed by atoms with Gasteiger partial charge in [-0.05, 0) is 46.4 Å². The first-order valence-electron chi connectivity index (χ1n) is 11.6. The summed E-state index contributed by atoms with van der Waals surface area (Å²) in [6, 6.07) is 17.0. The lowest BCUT2D eigenvalue weighted by molar-refractivity contribution is 0.612. The van der Waals surface area contributed by atoms with E-state index in [0.29, 0.717) is 5.82 Å². The summed E-state index contributed by atoms with van der Waals surface area (Å²) in [7, 11) is 0. The molecule has 32 heavy (non-hydrogen) atoms. The first kappa shape index (κ1) is 21.9. The van der Waals surface area contributed by atoms with E-state index < -0.39 is 0 Å². The lowest BCUT2D eigenvalue weighted by atomic mass is 9.98. The van der Waals surface area contributed by atoms with Crippen LogP contribution in [-0.4, -0.2) is 35.4 Å². The molecule has 0 saturated carbocycles. The van der Waals surface area contributed by atoms with E-state index in [2.05, 4.69) is 75.6 Å². The van der Waals surface area contributed by atoms with Gasteiger partial charge in [-0.25, -0.2) is 14.8 Å². The number of hydrogen-bond acceptors (Lipinski definition) is 5. The topological polar surface area (TPSA) is 85.2 Å². The van der Waals surface area contributed by atoms with Gasteiger partial charge in [-0.3, -0.25) is 0 Å². The first-order chi connectivity index (χ1) is 15.8. The largest absolute Gasteiger partial charge is 0.245 e. The molecule has 166 valence electrons. The molecule has 2 heterocycles. The van der Waals surface area contributed by atoms with Crippen molar-refractivity contribution in [2.75, 3.05) is 0 Å². The van der Waals surface area contributed by atoms with E-state index in [0.717, 1.165) is 68.7 Å². The van der Waals surface area contributed by atoms with Gasteiger partial charge in [0.2, 0.25) is 0 Å². The fourth-order valence-electron chi connectivity index (χ4n) is 3.85. The fourth-order valence-corrected chi connectivity index (χ4v) is 3.85. The Hall–Kier alpha value is -3.35. The number of nitrogens with one attached hydrogen (secondary N) is 1. The van der Waals surface area contributed by atoms with Gasteiger partial charge in [0.1, 0.15) is 5.82 Å². The van der Waals surface area contributed by atoms with E-state index in [1.807, 2.05) is 12.1 Å². The lowest BCUT2D eigenvalue weighted by Gasteiger charge is -2.09. The molecule has 0 aliphatic heterocycles. The summed E-state index contributed by atoms with van der Waals surface area (Å²) in [6.45, 7) is 5.19. The van der Waals surface area contributed by atoms with Crippen molar-refractivity contribution >= 4 is 0 Å². The molecule has 0 radical (unpaired) electrons. The Balaban J connectivity index is 1.48. The molecule has 0 bridgehead atoms. The Bertz CT molecular complexity index is 1100. The number of benzene rings is 2. The van der Waals surface area contributed by atoms with Gasteiger partial charge in [0.05, 0.1) is 6.54 Å². The minimum atomic E-state index is 0.696. The molecule has 0 spiro atoms. The molecule has 2 aromatic carbocycles. The van der Waals surface area contributed by atoms with Crippen molar-refractivity contribution in [2.24, 2.45) is 0 Å². The molecule has 7 heteroatoms. The van der Waals surface area contributed by atoms with Gasteiger partial charge in [-0.1, -0.05) is 75.2 Å². The minimum Gasteiger partial charge on any atom is -0.245 e. The molecule has 1 N–H and O–H groups in total. The number of unbranched alkanes of at least 4 members (excludes halogenated alkanes) is 2. The summed E-state index contributed by atoms with van der Waals surface area (Å²) in [5.41, 5.74) is 4.72. The molecule has 0 saturated heterocycles. The monoisotopic (exact) mass is 429 g/mol. The second kappa shape index (κ2) is 10.8. The summed E-state index contributed by atoms with van der Waals surface area (Å²) in [6.07, 6.45) is 7.38. The van der Waals surface area contributed by atoms with Gasteiger partial charge in [0, 0.05) is 18.4 Å². The molecule has 4 rings (SSSR count). The molecule has 0 amide bonds. The Labute approximate surface area is 189 Å². The van der Waals surface area contributed by atoms with Crippen molar-refractivity contribution in [1.29, 1.82) is 0 Å². The number of aromatic amines is 1. The van der Waals surface area contributed by atoms with E-state index in [4.69, 9.17) is 10.1 Å². The standard InChI is InChI=1S/C25H31N7/c1-3-5-11-23-26-24(12-6-4-2)32(29-23)18-20-15-13-19(14-16-20)17-21-9-7-8-10-22(21)25-27-30-31-28-25/h7-10,13-16H,3-6,11-12,17-18H2,1-2H3,(H,27,28,30,31). The molecule has 2 aromatic heterocycles. The zero-order valence-corrected chi connectivity index (χ0v) is 19.0. The average molecular weight is 430 g/mol. The van der Waals surface area contributed by atoms with Crippen LogP contribution in [0.2, 0.25) is 0 Å². The highest BCUT2D eigenvalue weighted by atomic mass is 15.5. The zero-order chi connectivity index (χ0) is 22.2. The van der Waals surface area contributed by atoms with Crippen LogP contribution in [0.5, 0.6) is 0 Å². The Morgan fingerprint density at radius 2 is 1.62 bits per heavy atom. The third-order valence-corrected chi connectivity index (χ3v) is 5.67. The molecule has 0 fully saturated rings. The summed E-state index contributed by atoms with van der Waals surface area (Å²) in [5.74, 6) is 2.78. The van der Waals surface area contributed by atoms with Gasteiger partial charge in [-0.15, -0.1) is 5.10 Å². The van der Waals surface area contributed by atoms with Crippen LogP contribution >= 0.6 is 0 Å². The lowest BCUT2D eigenvalue weighted by Crippen LogP contribution is -2.07. The number of rotatable bonds is 11. The first-order valence-corrected chi connectivity index (χ1v) is 11.6. The fraction of sp³-hybridized carbons (Fsp3) is 0.400. The second-order valence-corrected chi connectivity index (χ2v) is 8.21. The number of aryl methyl sites for hydroxylation is 2. The van der Waals surface area contributed by atoms with E-state index in [-0.39, 0.29) is 0 Å². The van der Waals surface area contributed by atoms with Gasteiger partial charge in [0.15, 0.2) is 11.6 Å². The molecule has 4 aromatic rings. The van der Waals surface area contributed by atoms with Crippen LogP contribution in [0, 0.1) is 0 Å². The predicted octanol–water partition coefficient (Wildman–Crippen LogP) is 4.78. The van der Waals surface area contributed by atoms with Crippen LogP contribution in [0.3, 0.4) is 0 Å². The molecule has 0 unspecified atom stereocenters. The van der Waals surface area contributed by atoms with Gasteiger partial charge < -0.3 is 0 Å². The van der Waals surface area contributed by atoms with Crippen molar-refractivity contribution in [2.45, 2.75) is 65.3 Å². The second-order valence-electron chi connectivity index (χ2n) is 8.21. The summed E-state index contributed by atoms with van der Waals surface area (Å²) < 4.78 is 2.10. The van der Waals surface area contributed by atoms with Crippen LogP contribution < -0.4 is 0 Å². The predicted molar refractivity (Wildman–Crippen MR) is 125 cm³/mol. The van der Waals surface area contributed by atoms with Gasteiger partial charge in [0.25, 0.3) is 0 Å². The molecular formula is C25H31N7. The molecule has 7 nitrogen and oxygen atoms in total. The van der Waals surface area contributed by atoms with E-state index in [9.17, 15) is 0 Å². The molecule has 0 aliphatic carbocycles. The van der Waals surface area contributed by atoms with Crippen molar-refractivity contribution in [3.05, 3.63) is 76.9 Å². The quantitative estimate of drug-likeness (QED) is 0.371. The van der Waals surface area contributed by atoms with E-state index in [1.165, 1.54) is 16.7 Å². The van der Waals surface area contributed by atoms with Crippen molar-refractivity contribution in [3.63, 3.8) is 0 Å². The zero-order valence-electron chi connectivity index (χ0n) is 19.0. The minimum absolute atomic E-state index is 0.696. The van der Waals surface area contributed by atoms with Crippen LogP contribution in [-0.2, 0) is 25.8 Å². The highest BCUT2D eigenvalue weighted by Gasteiger charge is 2.11. The highest BCUT2D eigenvalue weighted by Crippen LogP contribution is 2.22. The number of tetrazole rings is 1. The summed E-state index contributed by atoms with van der Waals surface area (Å²) >= 11 is 0. The number of aromatic nitrogens is 7. The van der Waals surface area contributed by atoms with E-state index in [1.54, 1.807) is 0 Å². The normalized spacial score (nSPS) is 11.2. The Kier molecular flexibility index (Phi) is 7.38. The number of H-pyrrole nitrogens is 1. The Morgan fingerprint density at radius 3 is 2.38 bits per heavy atom. The highest BCUT2D eigenvalue weighted by molar-refractivity contribution is 5.60. The molecular weight excluding hydrogens is 398 g/mol. The summed E-state index contributed by atoms with van der Waals surface area (Å²) in [4.78, 5) is 4.82. The van der Waals surface area contributed by atoms with Crippen LogP contribution in [0.15, 0.2) is 48.5 Å². The number of hydrogen-bond donors (Lipinski definition) is 1. The van der Waals surface area contributed by atoms with Gasteiger partial charge >= 0.3 is 0 Å². The smallest absolute Gasteiger partial charge is 0.179 e. The third-order valence-electron chi connectivity index (χ3n) is 5.67. The maximum absolute atomic E-state index is 4.82. The van der Waals surface area contributed by atoms with Crippen molar-refractivity contribution in [3.8, 4) is 11.4 Å². The van der Waals surface area contributed by atoms with Crippen LogP contribution in [0.25, 0.3) is 11.4 Å². The number of nitrogens with zero attached hydrogens (tertiary/aromatic N) is 6. The van der Waals surface area contributed by atoms with Crippen molar-refractivity contribution in [1.82, 2.24) is 35.4 Å².